The van der Waals surface area contributed by atoms with Gasteiger partial charge in [0.25, 0.3) is 0 Å². The number of hydrogen-bond donors (Lipinski definition) is 1. The number of hydrogen-bond acceptors (Lipinski definition) is 1. The van der Waals surface area contributed by atoms with Gasteiger partial charge in [-0.2, -0.15) is 0 Å². The van der Waals surface area contributed by atoms with E-state index in [1.165, 1.54) is 12.1 Å². The lowest BCUT2D eigenvalue weighted by atomic mass is 10.2. The normalized spacial score (nSPS) is 10.8. The maximum absolute atomic E-state index is 13.5. The maximum atomic E-state index is 13.5. The zero-order valence-corrected chi connectivity index (χ0v) is 11.7. The van der Waals surface area contributed by atoms with E-state index in [0.717, 1.165) is 17.0 Å². The lowest BCUT2D eigenvalue weighted by Crippen LogP contribution is -2.27. The number of aromatic nitrogens is 1. The fraction of sp³-hybridized carbons (Fsp3) is 0.118. The number of rotatable bonds is 4. The molecular weight excluding hydrogens is 286 g/mol. The van der Waals surface area contributed by atoms with Gasteiger partial charge in [0.05, 0.1) is 0 Å². The molecule has 0 atom stereocenters. The predicted octanol–water partition coefficient (Wildman–Crippen LogP) is 3.24. The first-order valence-electron chi connectivity index (χ1n) is 6.88. The predicted molar refractivity (Wildman–Crippen MR) is 80.1 cm³/mol. The molecule has 0 unspecified atom stereocenters. The first-order chi connectivity index (χ1) is 10.6. The molecule has 5 heteroatoms. The van der Waals surface area contributed by atoms with Crippen LogP contribution in [0.15, 0.2) is 54.7 Å². The summed E-state index contributed by atoms with van der Waals surface area (Å²) in [6, 6.07) is 13.0. The number of nitrogens with zero attached hydrogens (tertiary/aromatic N) is 1. The Morgan fingerprint density at radius 2 is 1.91 bits per heavy atom. The van der Waals surface area contributed by atoms with Crippen molar-refractivity contribution in [1.29, 1.82) is 0 Å². The molecule has 112 valence electrons. The molecule has 0 radical (unpaired) electrons. The maximum Gasteiger partial charge on any atom is 0.240 e. The van der Waals surface area contributed by atoms with E-state index in [9.17, 15) is 13.6 Å². The van der Waals surface area contributed by atoms with Gasteiger partial charge in [-0.05, 0) is 23.6 Å². The molecule has 0 saturated carbocycles. The number of carbonyl (C=O) groups excluding carboxylic acids is 1. The highest BCUT2D eigenvalue weighted by atomic mass is 19.1. The van der Waals surface area contributed by atoms with Gasteiger partial charge in [0, 0.05) is 29.9 Å². The van der Waals surface area contributed by atoms with Crippen molar-refractivity contribution in [1.82, 2.24) is 9.88 Å². The van der Waals surface area contributed by atoms with E-state index in [-0.39, 0.29) is 24.6 Å². The second kappa shape index (κ2) is 5.97. The molecule has 0 fully saturated rings. The van der Waals surface area contributed by atoms with Gasteiger partial charge in [-0.1, -0.05) is 24.3 Å². The number of benzene rings is 2. The van der Waals surface area contributed by atoms with E-state index in [0.29, 0.717) is 0 Å². The molecule has 0 aliphatic rings. The van der Waals surface area contributed by atoms with Gasteiger partial charge in [-0.3, -0.25) is 4.79 Å². The minimum atomic E-state index is -0.660. The second-order valence-corrected chi connectivity index (χ2v) is 5.01. The van der Waals surface area contributed by atoms with Crippen molar-refractivity contribution in [2.75, 3.05) is 0 Å². The minimum absolute atomic E-state index is 0.0319. The van der Waals surface area contributed by atoms with Crippen LogP contribution in [-0.4, -0.2) is 10.5 Å². The van der Waals surface area contributed by atoms with Crippen LogP contribution in [0.2, 0.25) is 0 Å². The first kappa shape index (κ1) is 14.3. The molecule has 1 amide bonds. The van der Waals surface area contributed by atoms with Gasteiger partial charge in [0.15, 0.2) is 0 Å². The molecular formula is C17H14F2N2O. The standard InChI is InChI=1S/C17H14F2N2O/c18-14-6-5-13(15(19)9-14)10-20-17(22)11-21-8-7-12-3-1-2-4-16(12)21/h1-9H,10-11H2,(H,20,22). The number of para-hydroxylation sites is 1. The van der Waals surface area contributed by atoms with Crippen LogP contribution >= 0.6 is 0 Å². The highest BCUT2D eigenvalue weighted by Gasteiger charge is 2.08. The summed E-state index contributed by atoms with van der Waals surface area (Å²) in [5.74, 6) is -1.52. The monoisotopic (exact) mass is 300 g/mol. The molecule has 22 heavy (non-hydrogen) atoms. The third-order valence-corrected chi connectivity index (χ3v) is 3.49. The summed E-state index contributed by atoms with van der Waals surface area (Å²) in [5, 5.41) is 3.70. The van der Waals surface area contributed by atoms with E-state index in [2.05, 4.69) is 5.32 Å². The fourth-order valence-corrected chi connectivity index (χ4v) is 2.35. The topological polar surface area (TPSA) is 34.0 Å². The summed E-state index contributed by atoms with van der Waals surface area (Å²) in [6.07, 6.45) is 1.84. The molecule has 1 heterocycles. The van der Waals surface area contributed by atoms with Gasteiger partial charge in [-0.15, -0.1) is 0 Å². The molecule has 1 N–H and O–H groups in total. The molecule has 0 aliphatic heterocycles. The number of carbonyl (C=O) groups is 1. The van der Waals surface area contributed by atoms with Crippen molar-refractivity contribution in [2.24, 2.45) is 0 Å². The van der Waals surface area contributed by atoms with Crippen molar-refractivity contribution in [3.05, 3.63) is 71.9 Å². The quantitative estimate of drug-likeness (QED) is 0.788. The largest absolute Gasteiger partial charge is 0.350 e. The van der Waals surface area contributed by atoms with Gasteiger partial charge in [-0.25, -0.2) is 8.78 Å². The number of fused-ring (bicyclic) bond motifs is 1. The van der Waals surface area contributed by atoms with Crippen LogP contribution in [0.25, 0.3) is 10.9 Å². The highest BCUT2D eigenvalue weighted by molar-refractivity contribution is 5.83. The van der Waals surface area contributed by atoms with Crippen molar-refractivity contribution in [2.45, 2.75) is 13.1 Å². The molecule has 3 nitrogen and oxygen atoms in total. The highest BCUT2D eigenvalue weighted by Crippen LogP contribution is 2.15. The molecule has 0 aliphatic carbocycles. The lowest BCUT2D eigenvalue weighted by Gasteiger charge is -2.08. The van der Waals surface area contributed by atoms with Crippen LogP contribution in [0, 0.1) is 11.6 Å². The summed E-state index contributed by atoms with van der Waals surface area (Å²) in [6.45, 7) is 0.181. The lowest BCUT2D eigenvalue weighted by molar-refractivity contribution is -0.121. The minimum Gasteiger partial charge on any atom is -0.350 e. The number of halogens is 2. The Morgan fingerprint density at radius 1 is 1.09 bits per heavy atom. The smallest absolute Gasteiger partial charge is 0.240 e. The fourth-order valence-electron chi connectivity index (χ4n) is 2.35. The molecule has 2 aromatic carbocycles. The number of amides is 1. The van der Waals surface area contributed by atoms with Crippen LogP contribution < -0.4 is 5.32 Å². The Bertz CT molecular complexity index is 826. The van der Waals surface area contributed by atoms with Crippen molar-refractivity contribution in [3.63, 3.8) is 0 Å². The van der Waals surface area contributed by atoms with E-state index in [1.807, 2.05) is 41.1 Å². The Labute approximate surface area is 126 Å². The molecule has 0 spiro atoms. The Kier molecular flexibility index (Phi) is 3.87. The molecule has 3 aromatic rings. The van der Waals surface area contributed by atoms with Crippen LogP contribution in [-0.2, 0) is 17.9 Å². The summed E-state index contributed by atoms with van der Waals surface area (Å²) in [7, 11) is 0. The van der Waals surface area contributed by atoms with Crippen molar-refractivity contribution in [3.8, 4) is 0 Å². The van der Waals surface area contributed by atoms with Crippen LogP contribution in [0.5, 0.6) is 0 Å². The van der Waals surface area contributed by atoms with Gasteiger partial charge in [0.2, 0.25) is 5.91 Å². The zero-order valence-electron chi connectivity index (χ0n) is 11.7. The van der Waals surface area contributed by atoms with Crippen LogP contribution in [0.4, 0.5) is 8.78 Å². The molecule has 0 saturated heterocycles. The van der Waals surface area contributed by atoms with Gasteiger partial charge in [0.1, 0.15) is 18.2 Å². The summed E-state index contributed by atoms with van der Waals surface area (Å²) in [4.78, 5) is 12.0. The third-order valence-electron chi connectivity index (χ3n) is 3.49. The van der Waals surface area contributed by atoms with E-state index in [4.69, 9.17) is 0 Å². The van der Waals surface area contributed by atoms with Gasteiger partial charge >= 0.3 is 0 Å². The van der Waals surface area contributed by atoms with Crippen LogP contribution in [0.1, 0.15) is 5.56 Å². The van der Waals surface area contributed by atoms with E-state index in [1.54, 1.807) is 0 Å². The first-order valence-corrected chi connectivity index (χ1v) is 6.88. The third kappa shape index (κ3) is 2.98. The Morgan fingerprint density at radius 3 is 2.73 bits per heavy atom. The zero-order chi connectivity index (χ0) is 15.5. The van der Waals surface area contributed by atoms with Crippen molar-refractivity contribution >= 4 is 16.8 Å². The SMILES string of the molecule is O=C(Cn1ccc2ccccc21)NCc1ccc(F)cc1F. The van der Waals surface area contributed by atoms with E-state index < -0.39 is 11.6 Å². The molecule has 0 bridgehead atoms. The van der Waals surface area contributed by atoms with E-state index >= 15 is 0 Å². The second-order valence-electron chi connectivity index (χ2n) is 5.01. The van der Waals surface area contributed by atoms with Gasteiger partial charge < -0.3 is 9.88 Å². The van der Waals surface area contributed by atoms with Crippen molar-refractivity contribution < 1.29 is 13.6 Å². The Balaban J connectivity index is 1.65. The van der Waals surface area contributed by atoms with Crippen LogP contribution in [0.3, 0.4) is 0 Å². The summed E-state index contributed by atoms with van der Waals surface area (Å²) >= 11 is 0. The average Bonchev–Trinajstić information content (AvgIpc) is 2.90. The number of nitrogens with one attached hydrogen (secondary N) is 1. The Hall–Kier alpha value is -2.69. The molecule has 3 rings (SSSR count). The molecule has 1 aromatic heterocycles. The average molecular weight is 300 g/mol. The summed E-state index contributed by atoms with van der Waals surface area (Å²) < 4.78 is 28.1. The summed E-state index contributed by atoms with van der Waals surface area (Å²) in [5.41, 5.74) is 1.22.